The summed E-state index contributed by atoms with van der Waals surface area (Å²) in [6, 6.07) is 7.66. The van der Waals surface area contributed by atoms with Gasteiger partial charge in [-0.2, -0.15) is 5.10 Å². The molecular weight excluding hydrogens is 332 g/mol. The lowest BCUT2D eigenvalue weighted by atomic mass is 10.2. The average Bonchev–Trinajstić information content (AvgIpc) is 2.95. The summed E-state index contributed by atoms with van der Waals surface area (Å²) < 4.78 is 18.4. The number of nitrogens with zero attached hydrogens (tertiary/aromatic N) is 3. The maximum Gasteiger partial charge on any atom is 0.131 e. The van der Waals surface area contributed by atoms with Crippen molar-refractivity contribution in [1.82, 2.24) is 15.1 Å². The van der Waals surface area contributed by atoms with Crippen molar-refractivity contribution in [2.45, 2.75) is 13.5 Å². The number of rotatable bonds is 8. The second-order valence-electron chi connectivity index (χ2n) is 6.31. The van der Waals surface area contributed by atoms with Crippen LogP contribution >= 0.6 is 0 Å². The summed E-state index contributed by atoms with van der Waals surface area (Å²) in [4.78, 5) is 2.35. The van der Waals surface area contributed by atoms with Gasteiger partial charge in [0.2, 0.25) is 0 Å². The number of aryl methyl sites for hydroxylation is 2. The SMILES string of the molecule is COc1cccc(OCCNCc2c(C)nn(C)c2N2CCOCC2)c1. The standard InChI is InChI=1S/C19H28N4O3/c1-15-18(19(22(2)21-15)23-8-11-25-12-9-23)14-20-7-10-26-17-6-4-5-16(13-17)24-3/h4-6,13,20H,7-12,14H2,1-3H3. The van der Waals surface area contributed by atoms with Crippen molar-refractivity contribution in [1.29, 1.82) is 0 Å². The van der Waals surface area contributed by atoms with Crippen LogP contribution in [0, 0.1) is 6.92 Å². The number of hydrogen-bond donors (Lipinski definition) is 1. The van der Waals surface area contributed by atoms with Gasteiger partial charge in [-0.15, -0.1) is 0 Å². The Kier molecular flexibility index (Phi) is 6.35. The Morgan fingerprint density at radius 2 is 2.00 bits per heavy atom. The van der Waals surface area contributed by atoms with Crippen molar-refractivity contribution < 1.29 is 14.2 Å². The molecule has 0 saturated carbocycles. The Hall–Kier alpha value is -2.25. The number of nitrogens with one attached hydrogen (secondary N) is 1. The summed E-state index contributed by atoms with van der Waals surface area (Å²) in [6.07, 6.45) is 0. The molecule has 1 aliphatic rings. The third-order valence-electron chi connectivity index (χ3n) is 4.51. The summed E-state index contributed by atoms with van der Waals surface area (Å²) in [5.74, 6) is 2.81. The normalized spacial score (nSPS) is 14.5. The van der Waals surface area contributed by atoms with E-state index in [1.807, 2.05) is 36.0 Å². The molecule has 0 bridgehead atoms. The van der Waals surface area contributed by atoms with Crippen LogP contribution in [-0.4, -0.2) is 56.3 Å². The first-order chi connectivity index (χ1) is 12.7. The highest BCUT2D eigenvalue weighted by Crippen LogP contribution is 2.24. The Morgan fingerprint density at radius 1 is 1.23 bits per heavy atom. The number of morpholine rings is 1. The van der Waals surface area contributed by atoms with E-state index in [2.05, 4.69) is 22.2 Å². The van der Waals surface area contributed by atoms with Gasteiger partial charge < -0.3 is 24.4 Å². The molecule has 0 spiro atoms. The van der Waals surface area contributed by atoms with Gasteiger partial charge in [-0.3, -0.25) is 4.68 Å². The predicted molar refractivity (Wildman–Crippen MR) is 101 cm³/mol. The number of hydrogen-bond acceptors (Lipinski definition) is 6. The van der Waals surface area contributed by atoms with Crippen molar-refractivity contribution in [3.8, 4) is 11.5 Å². The van der Waals surface area contributed by atoms with Crippen LogP contribution in [-0.2, 0) is 18.3 Å². The van der Waals surface area contributed by atoms with Crippen LogP contribution in [0.3, 0.4) is 0 Å². The molecule has 0 unspecified atom stereocenters. The molecule has 1 aromatic heterocycles. The van der Waals surface area contributed by atoms with Crippen molar-refractivity contribution in [2.75, 3.05) is 51.5 Å². The summed E-state index contributed by atoms with van der Waals surface area (Å²) in [7, 11) is 3.66. The van der Waals surface area contributed by atoms with Gasteiger partial charge in [0.1, 0.15) is 23.9 Å². The lowest BCUT2D eigenvalue weighted by molar-refractivity contribution is 0.122. The zero-order chi connectivity index (χ0) is 18.4. The molecule has 26 heavy (non-hydrogen) atoms. The molecule has 1 aliphatic heterocycles. The molecule has 0 aliphatic carbocycles. The van der Waals surface area contributed by atoms with E-state index >= 15 is 0 Å². The first-order valence-electron chi connectivity index (χ1n) is 9.02. The first-order valence-corrected chi connectivity index (χ1v) is 9.02. The molecule has 0 radical (unpaired) electrons. The van der Waals surface area contributed by atoms with Gasteiger partial charge in [0, 0.05) is 44.9 Å². The average molecular weight is 360 g/mol. The Bertz CT molecular complexity index is 711. The number of benzene rings is 1. The quantitative estimate of drug-likeness (QED) is 0.724. The van der Waals surface area contributed by atoms with E-state index in [0.29, 0.717) is 6.61 Å². The van der Waals surface area contributed by atoms with Crippen LogP contribution in [0.4, 0.5) is 5.82 Å². The molecule has 0 atom stereocenters. The summed E-state index contributed by atoms with van der Waals surface area (Å²) in [5, 5.41) is 8.07. The molecule has 0 amide bonds. The Morgan fingerprint density at radius 3 is 2.77 bits per heavy atom. The van der Waals surface area contributed by atoms with Crippen LogP contribution in [0.25, 0.3) is 0 Å². The van der Waals surface area contributed by atoms with Crippen molar-refractivity contribution >= 4 is 5.82 Å². The lowest BCUT2D eigenvalue weighted by Gasteiger charge is -2.29. The maximum atomic E-state index is 5.78. The molecule has 1 aromatic carbocycles. The number of methoxy groups -OCH3 is 1. The summed E-state index contributed by atoms with van der Waals surface area (Å²) >= 11 is 0. The van der Waals surface area contributed by atoms with Gasteiger partial charge >= 0.3 is 0 Å². The topological polar surface area (TPSA) is 60.8 Å². The van der Waals surface area contributed by atoms with Crippen molar-refractivity contribution in [2.24, 2.45) is 7.05 Å². The van der Waals surface area contributed by atoms with Gasteiger partial charge in [-0.05, 0) is 19.1 Å². The predicted octanol–water partition coefficient (Wildman–Crippen LogP) is 1.74. The highest BCUT2D eigenvalue weighted by Gasteiger charge is 2.20. The van der Waals surface area contributed by atoms with E-state index in [1.165, 1.54) is 11.4 Å². The van der Waals surface area contributed by atoms with Crippen molar-refractivity contribution in [3.63, 3.8) is 0 Å². The third-order valence-corrected chi connectivity index (χ3v) is 4.51. The van der Waals surface area contributed by atoms with Gasteiger partial charge in [-0.1, -0.05) is 6.07 Å². The molecular formula is C19H28N4O3. The van der Waals surface area contributed by atoms with Gasteiger partial charge in [-0.25, -0.2) is 0 Å². The number of ether oxygens (including phenoxy) is 3. The Labute approximate surface area is 154 Å². The minimum atomic E-state index is 0.597. The maximum absolute atomic E-state index is 5.78. The molecule has 142 valence electrons. The van der Waals surface area contributed by atoms with Crippen LogP contribution in [0.5, 0.6) is 11.5 Å². The van der Waals surface area contributed by atoms with Gasteiger partial charge in [0.25, 0.3) is 0 Å². The molecule has 2 aromatic rings. The van der Waals surface area contributed by atoms with Crippen LogP contribution < -0.4 is 19.7 Å². The van der Waals surface area contributed by atoms with Crippen LogP contribution in [0.1, 0.15) is 11.3 Å². The zero-order valence-corrected chi connectivity index (χ0v) is 15.8. The zero-order valence-electron chi connectivity index (χ0n) is 15.8. The monoisotopic (exact) mass is 360 g/mol. The molecule has 3 rings (SSSR count). The fraction of sp³-hybridized carbons (Fsp3) is 0.526. The minimum absolute atomic E-state index is 0.597. The minimum Gasteiger partial charge on any atom is -0.497 e. The molecule has 7 nitrogen and oxygen atoms in total. The van der Waals surface area contributed by atoms with Crippen molar-refractivity contribution in [3.05, 3.63) is 35.5 Å². The number of aromatic nitrogens is 2. The van der Waals surface area contributed by atoms with Crippen LogP contribution in [0.15, 0.2) is 24.3 Å². The summed E-state index contributed by atoms with van der Waals surface area (Å²) in [6.45, 7) is 7.54. The molecule has 1 fully saturated rings. The highest BCUT2D eigenvalue weighted by molar-refractivity contribution is 5.50. The first kappa shape index (κ1) is 18.5. The van der Waals surface area contributed by atoms with Gasteiger partial charge in [0.05, 0.1) is 26.0 Å². The second-order valence-corrected chi connectivity index (χ2v) is 6.31. The third kappa shape index (κ3) is 4.47. The molecule has 1 saturated heterocycles. The van der Waals surface area contributed by atoms with E-state index in [4.69, 9.17) is 14.2 Å². The fourth-order valence-corrected chi connectivity index (χ4v) is 3.21. The van der Waals surface area contributed by atoms with E-state index < -0.39 is 0 Å². The largest absolute Gasteiger partial charge is 0.497 e. The second kappa shape index (κ2) is 8.91. The van der Waals surface area contributed by atoms with Gasteiger partial charge in [0.15, 0.2) is 0 Å². The van der Waals surface area contributed by atoms with E-state index in [0.717, 1.165) is 56.6 Å². The highest BCUT2D eigenvalue weighted by atomic mass is 16.5. The molecule has 7 heteroatoms. The van der Waals surface area contributed by atoms with Crippen LogP contribution in [0.2, 0.25) is 0 Å². The lowest BCUT2D eigenvalue weighted by Crippen LogP contribution is -2.38. The number of anilines is 1. The smallest absolute Gasteiger partial charge is 0.131 e. The van der Waals surface area contributed by atoms with E-state index in [1.54, 1.807) is 7.11 Å². The van der Waals surface area contributed by atoms with E-state index in [-0.39, 0.29) is 0 Å². The van der Waals surface area contributed by atoms with E-state index in [9.17, 15) is 0 Å². The molecule has 2 heterocycles. The fourth-order valence-electron chi connectivity index (χ4n) is 3.21. The Balaban J connectivity index is 1.51. The molecule has 1 N–H and O–H groups in total. The summed E-state index contributed by atoms with van der Waals surface area (Å²) in [5.41, 5.74) is 2.31.